The molecule has 1 saturated heterocycles. The van der Waals surface area contributed by atoms with Gasteiger partial charge in [-0.25, -0.2) is 4.68 Å². The van der Waals surface area contributed by atoms with E-state index in [-0.39, 0.29) is 11.5 Å². The topological polar surface area (TPSA) is 67.2 Å². The SMILES string of the molecule is CC(=O)Nc1cccc(C2CCN(CCCn3nc(Sc4ccc(Cl)cc4)c4ccccc4c3=O)CC2)c1. The normalized spacial score (nSPS) is 14.6. The fourth-order valence-electron chi connectivity index (χ4n) is 5.05. The number of fused-ring (bicyclic) bond motifs is 1. The van der Waals surface area contributed by atoms with E-state index in [0.29, 0.717) is 22.9 Å². The number of hydrogen-bond acceptors (Lipinski definition) is 5. The molecule has 1 aromatic heterocycles. The number of aromatic nitrogens is 2. The minimum absolute atomic E-state index is 0.0428. The Kier molecular flexibility index (Phi) is 8.47. The summed E-state index contributed by atoms with van der Waals surface area (Å²) in [6, 6.07) is 23.6. The van der Waals surface area contributed by atoms with Gasteiger partial charge in [0.1, 0.15) is 5.03 Å². The molecule has 0 radical (unpaired) electrons. The van der Waals surface area contributed by atoms with Crippen LogP contribution in [0.25, 0.3) is 10.8 Å². The number of aryl methyl sites for hydroxylation is 1. The summed E-state index contributed by atoms with van der Waals surface area (Å²) in [7, 11) is 0. The summed E-state index contributed by atoms with van der Waals surface area (Å²) < 4.78 is 1.63. The van der Waals surface area contributed by atoms with Crippen LogP contribution in [0.2, 0.25) is 5.02 Å². The monoisotopic (exact) mass is 546 g/mol. The number of hydrogen-bond donors (Lipinski definition) is 1. The van der Waals surface area contributed by atoms with Crippen molar-refractivity contribution in [3.05, 3.63) is 93.7 Å². The molecular formula is C30H31ClN4O2S. The van der Waals surface area contributed by atoms with Gasteiger partial charge < -0.3 is 10.2 Å². The van der Waals surface area contributed by atoms with Gasteiger partial charge in [0.2, 0.25) is 5.91 Å². The summed E-state index contributed by atoms with van der Waals surface area (Å²) in [6.45, 7) is 5.08. The molecule has 3 aromatic carbocycles. The van der Waals surface area contributed by atoms with Crippen LogP contribution in [0.1, 0.15) is 37.7 Å². The first-order valence-electron chi connectivity index (χ1n) is 13.0. The lowest BCUT2D eigenvalue weighted by Crippen LogP contribution is -2.34. The zero-order valence-corrected chi connectivity index (χ0v) is 23.0. The number of rotatable bonds is 8. The largest absolute Gasteiger partial charge is 0.326 e. The van der Waals surface area contributed by atoms with Crippen molar-refractivity contribution < 1.29 is 4.79 Å². The summed E-state index contributed by atoms with van der Waals surface area (Å²) in [6.07, 6.45) is 3.03. The fraction of sp³-hybridized carbons (Fsp3) is 0.300. The minimum Gasteiger partial charge on any atom is -0.326 e. The van der Waals surface area contributed by atoms with Crippen LogP contribution in [0.3, 0.4) is 0 Å². The molecule has 1 N–H and O–H groups in total. The molecule has 196 valence electrons. The Hall–Kier alpha value is -3.13. The van der Waals surface area contributed by atoms with E-state index in [1.807, 2.05) is 60.7 Å². The molecule has 2 heterocycles. The standard InChI is InChI=1S/C30H31ClN4O2S/c1-21(36)32-25-7-4-6-23(20-25)22-14-18-34(19-15-22)16-5-17-35-30(37)28-9-3-2-8-27(28)29(33-35)38-26-12-10-24(31)11-13-26/h2-4,6-13,20,22H,5,14-19H2,1H3,(H,32,36). The van der Waals surface area contributed by atoms with Gasteiger partial charge in [-0.2, -0.15) is 5.10 Å². The Morgan fingerprint density at radius 3 is 2.47 bits per heavy atom. The van der Waals surface area contributed by atoms with Crippen molar-refractivity contribution in [2.24, 2.45) is 0 Å². The van der Waals surface area contributed by atoms with Crippen LogP contribution in [0.4, 0.5) is 5.69 Å². The molecule has 1 amide bonds. The molecule has 0 aliphatic carbocycles. The van der Waals surface area contributed by atoms with E-state index in [9.17, 15) is 9.59 Å². The molecule has 0 bridgehead atoms. The predicted octanol–water partition coefficient (Wildman–Crippen LogP) is 6.43. The van der Waals surface area contributed by atoms with Crippen molar-refractivity contribution in [1.29, 1.82) is 0 Å². The van der Waals surface area contributed by atoms with Gasteiger partial charge in [0.15, 0.2) is 0 Å². The van der Waals surface area contributed by atoms with E-state index < -0.39 is 0 Å². The zero-order valence-electron chi connectivity index (χ0n) is 21.4. The molecule has 5 rings (SSSR count). The summed E-state index contributed by atoms with van der Waals surface area (Å²) in [4.78, 5) is 28.1. The highest BCUT2D eigenvalue weighted by Gasteiger charge is 2.21. The molecule has 1 aliphatic heterocycles. The van der Waals surface area contributed by atoms with E-state index in [1.54, 1.807) is 16.4 Å². The maximum Gasteiger partial charge on any atom is 0.274 e. The molecule has 1 aliphatic rings. The molecule has 0 atom stereocenters. The van der Waals surface area contributed by atoms with Gasteiger partial charge in [-0.05, 0) is 92.8 Å². The number of nitrogens with zero attached hydrogens (tertiary/aromatic N) is 3. The zero-order chi connectivity index (χ0) is 26.5. The molecule has 8 heteroatoms. The Bertz CT molecular complexity index is 1480. The summed E-state index contributed by atoms with van der Waals surface area (Å²) in [5.74, 6) is 0.449. The maximum atomic E-state index is 13.2. The molecule has 6 nitrogen and oxygen atoms in total. The van der Waals surface area contributed by atoms with Crippen LogP contribution in [-0.2, 0) is 11.3 Å². The number of halogens is 1. The molecule has 0 unspecified atom stereocenters. The highest BCUT2D eigenvalue weighted by atomic mass is 35.5. The van der Waals surface area contributed by atoms with Gasteiger partial charge in [-0.15, -0.1) is 0 Å². The fourth-order valence-corrected chi connectivity index (χ4v) is 6.10. The Balaban J connectivity index is 1.21. The van der Waals surface area contributed by atoms with Crippen molar-refractivity contribution in [3.8, 4) is 0 Å². The van der Waals surface area contributed by atoms with Gasteiger partial charge >= 0.3 is 0 Å². The van der Waals surface area contributed by atoms with Crippen LogP contribution in [-0.4, -0.2) is 40.2 Å². The van der Waals surface area contributed by atoms with Gasteiger partial charge in [-0.1, -0.05) is 53.7 Å². The average Bonchev–Trinajstić information content (AvgIpc) is 2.92. The summed E-state index contributed by atoms with van der Waals surface area (Å²) in [5.41, 5.74) is 2.10. The first-order chi connectivity index (χ1) is 18.5. The predicted molar refractivity (Wildman–Crippen MR) is 155 cm³/mol. The third-order valence-electron chi connectivity index (χ3n) is 6.97. The van der Waals surface area contributed by atoms with E-state index in [4.69, 9.17) is 16.7 Å². The van der Waals surface area contributed by atoms with Crippen molar-refractivity contribution in [3.63, 3.8) is 0 Å². The molecule has 38 heavy (non-hydrogen) atoms. The van der Waals surface area contributed by atoms with E-state index in [2.05, 4.69) is 22.3 Å². The van der Waals surface area contributed by atoms with Gasteiger partial charge in [0, 0.05) is 34.5 Å². The van der Waals surface area contributed by atoms with Crippen LogP contribution in [0.15, 0.2) is 87.5 Å². The number of benzene rings is 3. The second-order valence-electron chi connectivity index (χ2n) is 9.71. The van der Waals surface area contributed by atoms with Crippen molar-refractivity contribution in [2.45, 2.75) is 48.6 Å². The highest BCUT2D eigenvalue weighted by Crippen LogP contribution is 2.32. The van der Waals surface area contributed by atoms with Gasteiger partial charge in [0.25, 0.3) is 5.56 Å². The number of nitrogens with one attached hydrogen (secondary N) is 1. The van der Waals surface area contributed by atoms with Crippen molar-refractivity contribution in [2.75, 3.05) is 25.0 Å². The van der Waals surface area contributed by atoms with Crippen LogP contribution < -0.4 is 10.9 Å². The van der Waals surface area contributed by atoms with Gasteiger partial charge in [0.05, 0.1) is 5.39 Å². The average molecular weight is 547 g/mol. The maximum absolute atomic E-state index is 13.2. The van der Waals surface area contributed by atoms with Crippen LogP contribution in [0.5, 0.6) is 0 Å². The first kappa shape index (κ1) is 26.5. The lowest BCUT2D eigenvalue weighted by molar-refractivity contribution is -0.114. The smallest absolute Gasteiger partial charge is 0.274 e. The Labute approximate surface area is 232 Å². The molecule has 4 aromatic rings. The van der Waals surface area contributed by atoms with Crippen LogP contribution in [0, 0.1) is 0 Å². The van der Waals surface area contributed by atoms with Crippen molar-refractivity contribution >= 4 is 45.7 Å². The Morgan fingerprint density at radius 1 is 1.00 bits per heavy atom. The van der Waals surface area contributed by atoms with E-state index in [1.165, 1.54) is 12.5 Å². The van der Waals surface area contributed by atoms with Crippen LogP contribution >= 0.6 is 23.4 Å². The molecular weight excluding hydrogens is 516 g/mol. The molecule has 0 saturated carbocycles. The minimum atomic E-state index is -0.0485. The molecule has 0 spiro atoms. The lowest BCUT2D eigenvalue weighted by atomic mass is 9.89. The highest BCUT2D eigenvalue weighted by molar-refractivity contribution is 7.99. The van der Waals surface area contributed by atoms with E-state index >= 15 is 0 Å². The summed E-state index contributed by atoms with van der Waals surface area (Å²) >= 11 is 7.60. The Morgan fingerprint density at radius 2 is 1.74 bits per heavy atom. The quantitative estimate of drug-likeness (QED) is 0.276. The molecule has 1 fully saturated rings. The number of carbonyl (C=O) groups is 1. The third-order valence-corrected chi connectivity index (χ3v) is 8.23. The second-order valence-corrected chi connectivity index (χ2v) is 11.2. The van der Waals surface area contributed by atoms with E-state index in [0.717, 1.165) is 59.9 Å². The number of amides is 1. The lowest BCUT2D eigenvalue weighted by Gasteiger charge is -2.32. The van der Waals surface area contributed by atoms with Crippen molar-refractivity contribution in [1.82, 2.24) is 14.7 Å². The number of likely N-dealkylation sites (tertiary alicyclic amines) is 1. The number of anilines is 1. The third kappa shape index (κ3) is 6.46. The number of piperidine rings is 1. The number of carbonyl (C=O) groups excluding carboxylic acids is 1. The second kappa shape index (κ2) is 12.2. The van der Waals surface area contributed by atoms with Gasteiger partial charge in [-0.3, -0.25) is 9.59 Å². The first-order valence-corrected chi connectivity index (χ1v) is 14.2. The summed E-state index contributed by atoms with van der Waals surface area (Å²) in [5, 5.41) is 10.7.